The highest BCUT2D eigenvalue weighted by Crippen LogP contribution is 2.37. The molecule has 3 nitrogen and oxygen atoms in total. The lowest BCUT2D eigenvalue weighted by Gasteiger charge is -2.46. The number of hydrogen-bond donors (Lipinski definition) is 0. The second kappa shape index (κ2) is 6.37. The van der Waals surface area contributed by atoms with Crippen LogP contribution in [0.2, 0.25) is 0 Å². The molecule has 2 heterocycles. The van der Waals surface area contributed by atoms with Crippen molar-refractivity contribution in [3.63, 3.8) is 0 Å². The van der Waals surface area contributed by atoms with Crippen LogP contribution in [0.4, 0.5) is 0 Å². The Bertz CT molecular complexity index is 445. The molecule has 2 fully saturated rings. The summed E-state index contributed by atoms with van der Waals surface area (Å²) in [4.78, 5) is 7.18. The largest absolute Gasteiger partial charge is 0.374 e. The third-order valence-electron chi connectivity index (χ3n) is 4.52. The molecule has 2 atom stereocenters. The maximum absolute atomic E-state index is 6.04. The van der Waals surface area contributed by atoms with E-state index in [2.05, 4.69) is 28.8 Å². The van der Waals surface area contributed by atoms with Crippen LogP contribution >= 0.6 is 11.3 Å². The van der Waals surface area contributed by atoms with Gasteiger partial charge < -0.3 is 4.74 Å². The molecule has 0 aromatic carbocycles. The number of nitrogens with zero attached hydrogens (tertiary/aromatic N) is 2. The number of thiazole rings is 1. The first-order valence-electron chi connectivity index (χ1n) is 7.62. The number of ether oxygens (including phenoxy) is 1. The maximum Gasteiger partial charge on any atom is 0.0897 e. The van der Waals surface area contributed by atoms with E-state index in [4.69, 9.17) is 4.74 Å². The average Bonchev–Trinajstić information content (AvgIpc) is 2.81. The molecule has 110 valence electrons. The summed E-state index contributed by atoms with van der Waals surface area (Å²) in [6.45, 7) is 9.88. The van der Waals surface area contributed by atoms with E-state index in [1.807, 2.05) is 6.08 Å². The van der Waals surface area contributed by atoms with Crippen molar-refractivity contribution in [1.29, 1.82) is 0 Å². The van der Waals surface area contributed by atoms with Gasteiger partial charge in [-0.05, 0) is 31.6 Å². The van der Waals surface area contributed by atoms with Crippen LogP contribution in [-0.4, -0.2) is 35.7 Å². The first-order chi connectivity index (χ1) is 9.76. The van der Waals surface area contributed by atoms with Crippen LogP contribution in [0.1, 0.15) is 30.0 Å². The fourth-order valence-electron chi connectivity index (χ4n) is 3.77. The van der Waals surface area contributed by atoms with Crippen molar-refractivity contribution < 1.29 is 4.74 Å². The van der Waals surface area contributed by atoms with E-state index in [9.17, 15) is 0 Å². The second-order valence-corrected chi connectivity index (χ2v) is 7.15. The molecule has 0 amide bonds. The first kappa shape index (κ1) is 14.2. The van der Waals surface area contributed by atoms with Gasteiger partial charge in [-0.1, -0.05) is 12.5 Å². The summed E-state index contributed by atoms with van der Waals surface area (Å²) in [6, 6.07) is 0. The molecule has 1 aliphatic heterocycles. The molecule has 4 heteroatoms. The van der Waals surface area contributed by atoms with Gasteiger partial charge in [0.2, 0.25) is 0 Å². The van der Waals surface area contributed by atoms with Crippen LogP contribution < -0.4 is 0 Å². The Kier molecular flexibility index (Phi) is 4.54. The number of aryl methyl sites for hydroxylation is 1. The lowest BCUT2D eigenvalue weighted by atomic mass is 9.75. The predicted molar refractivity (Wildman–Crippen MR) is 82.9 cm³/mol. The fraction of sp³-hybridized carbons (Fsp3) is 0.688. The van der Waals surface area contributed by atoms with Gasteiger partial charge in [0.15, 0.2) is 0 Å². The van der Waals surface area contributed by atoms with Crippen molar-refractivity contribution >= 4 is 11.3 Å². The lowest BCUT2D eigenvalue weighted by molar-refractivity contribution is -0.0865. The van der Waals surface area contributed by atoms with Gasteiger partial charge in [0.1, 0.15) is 0 Å². The summed E-state index contributed by atoms with van der Waals surface area (Å²) < 4.78 is 6.04. The molecule has 0 unspecified atom stereocenters. The lowest BCUT2D eigenvalue weighted by Crippen LogP contribution is -2.52. The molecule has 1 saturated carbocycles. The molecule has 0 radical (unpaired) electrons. The third-order valence-corrected chi connectivity index (χ3v) is 5.35. The fourth-order valence-corrected chi connectivity index (χ4v) is 4.38. The van der Waals surface area contributed by atoms with E-state index < -0.39 is 0 Å². The Morgan fingerprint density at radius 3 is 2.80 bits per heavy atom. The topological polar surface area (TPSA) is 25.4 Å². The van der Waals surface area contributed by atoms with Crippen LogP contribution in [-0.2, 0) is 11.3 Å². The average molecular weight is 292 g/mol. The summed E-state index contributed by atoms with van der Waals surface area (Å²) in [6.07, 6.45) is 6.32. The van der Waals surface area contributed by atoms with Gasteiger partial charge in [-0.25, -0.2) is 4.98 Å². The van der Waals surface area contributed by atoms with Crippen molar-refractivity contribution in [2.75, 3.05) is 19.7 Å². The Hall–Kier alpha value is -0.710. The minimum absolute atomic E-state index is 0.454. The Labute approximate surface area is 125 Å². The summed E-state index contributed by atoms with van der Waals surface area (Å²) in [5.74, 6) is 1.39. The highest BCUT2D eigenvalue weighted by atomic mass is 32.1. The molecule has 2 bridgehead atoms. The Balaban J connectivity index is 1.62. The number of fused-ring (bicyclic) bond motifs is 2. The Morgan fingerprint density at radius 2 is 2.20 bits per heavy atom. The number of piperidine rings is 1. The van der Waals surface area contributed by atoms with E-state index in [0.717, 1.165) is 19.6 Å². The summed E-state index contributed by atoms with van der Waals surface area (Å²) >= 11 is 1.75. The molecule has 20 heavy (non-hydrogen) atoms. The van der Waals surface area contributed by atoms with Crippen LogP contribution in [0.15, 0.2) is 18.0 Å². The molecule has 3 rings (SSSR count). The molecule has 0 spiro atoms. The molecule has 1 aromatic heterocycles. The molecule has 1 aromatic rings. The van der Waals surface area contributed by atoms with Gasteiger partial charge in [-0.2, -0.15) is 0 Å². The van der Waals surface area contributed by atoms with Crippen LogP contribution in [0.5, 0.6) is 0 Å². The molecular formula is C16H24N2OS. The van der Waals surface area contributed by atoms with E-state index in [0.29, 0.717) is 24.5 Å². The van der Waals surface area contributed by atoms with Crippen LogP contribution in [0.3, 0.4) is 0 Å². The van der Waals surface area contributed by atoms with Crippen LogP contribution in [0.25, 0.3) is 0 Å². The van der Waals surface area contributed by atoms with E-state index in [-0.39, 0.29) is 0 Å². The minimum Gasteiger partial charge on any atom is -0.374 e. The van der Waals surface area contributed by atoms with E-state index in [1.54, 1.807) is 11.3 Å². The predicted octanol–water partition coefficient (Wildman–Crippen LogP) is 3.25. The van der Waals surface area contributed by atoms with Crippen molar-refractivity contribution in [3.05, 3.63) is 28.7 Å². The number of aromatic nitrogens is 1. The second-order valence-electron chi connectivity index (χ2n) is 6.09. The first-order valence-corrected chi connectivity index (χ1v) is 8.50. The molecule has 1 aliphatic carbocycles. The number of likely N-dealkylation sites (tertiary alicyclic amines) is 1. The smallest absolute Gasteiger partial charge is 0.0897 e. The SMILES string of the molecule is C=CCOC1[C@H]2CCC[C@H]1CN(Cc1csc(C)n1)C2. The maximum atomic E-state index is 6.04. The quantitative estimate of drug-likeness (QED) is 0.779. The van der Waals surface area contributed by atoms with Crippen molar-refractivity contribution in [2.24, 2.45) is 11.8 Å². The van der Waals surface area contributed by atoms with Gasteiger partial charge in [-0.15, -0.1) is 17.9 Å². The molecule has 0 N–H and O–H groups in total. The number of rotatable bonds is 5. The van der Waals surface area contributed by atoms with Gasteiger partial charge in [0.05, 0.1) is 23.4 Å². The zero-order valence-corrected chi connectivity index (χ0v) is 13.1. The van der Waals surface area contributed by atoms with Crippen molar-refractivity contribution in [1.82, 2.24) is 9.88 Å². The van der Waals surface area contributed by atoms with E-state index in [1.165, 1.54) is 30.0 Å². The van der Waals surface area contributed by atoms with Gasteiger partial charge in [-0.3, -0.25) is 4.90 Å². The van der Waals surface area contributed by atoms with Crippen molar-refractivity contribution in [3.8, 4) is 0 Å². The minimum atomic E-state index is 0.454. The van der Waals surface area contributed by atoms with Gasteiger partial charge >= 0.3 is 0 Å². The third kappa shape index (κ3) is 3.13. The summed E-state index contributed by atoms with van der Waals surface area (Å²) in [5.41, 5.74) is 1.23. The highest BCUT2D eigenvalue weighted by molar-refractivity contribution is 7.09. The number of hydrogen-bond acceptors (Lipinski definition) is 4. The zero-order chi connectivity index (χ0) is 13.9. The van der Waals surface area contributed by atoms with Gasteiger partial charge in [0, 0.05) is 25.0 Å². The monoisotopic (exact) mass is 292 g/mol. The molecule has 2 aliphatic rings. The Morgan fingerprint density at radius 1 is 1.45 bits per heavy atom. The standard InChI is InChI=1S/C16H24N2OS/c1-3-7-19-16-13-5-4-6-14(16)9-18(8-13)10-15-11-20-12(2)17-15/h3,11,13-14,16H,1,4-10H2,2H3/t13-,14-/m0/s1. The zero-order valence-electron chi connectivity index (χ0n) is 12.3. The van der Waals surface area contributed by atoms with Crippen molar-refractivity contribution in [2.45, 2.75) is 38.8 Å². The van der Waals surface area contributed by atoms with E-state index >= 15 is 0 Å². The normalized spacial score (nSPS) is 30.4. The van der Waals surface area contributed by atoms with Gasteiger partial charge in [0.25, 0.3) is 0 Å². The molecular weight excluding hydrogens is 268 g/mol. The summed E-state index contributed by atoms with van der Waals surface area (Å²) in [7, 11) is 0. The summed E-state index contributed by atoms with van der Waals surface area (Å²) in [5, 5.41) is 3.37. The highest BCUT2D eigenvalue weighted by Gasteiger charge is 2.39. The molecule has 1 saturated heterocycles. The van der Waals surface area contributed by atoms with Crippen LogP contribution in [0, 0.1) is 18.8 Å².